The van der Waals surface area contributed by atoms with Crippen molar-refractivity contribution in [3.63, 3.8) is 0 Å². The predicted octanol–water partition coefficient (Wildman–Crippen LogP) is 3.04. The first-order chi connectivity index (χ1) is 18.1. The molecule has 0 saturated carbocycles. The topological polar surface area (TPSA) is 99.8 Å². The Morgan fingerprint density at radius 2 is 1.82 bits per heavy atom. The summed E-state index contributed by atoms with van der Waals surface area (Å²) in [5.74, 6) is -0.527. The molecule has 2 aromatic rings. The highest BCUT2D eigenvalue weighted by molar-refractivity contribution is 5.93. The monoisotopic (exact) mass is 524 g/mol. The zero-order chi connectivity index (χ0) is 27.7. The maximum absolute atomic E-state index is 13.4. The van der Waals surface area contributed by atoms with Crippen molar-refractivity contribution in [3.8, 4) is 0 Å². The van der Waals surface area contributed by atoms with Gasteiger partial charge in [0.05, 0.1) is 6.10 Å². The first kappa shape index (κ1) is 29.6. The van der Waals surface area contributed by atoms with E-state index in [-0.39, 0.29) is 23.8 Å². The van der Waals surface area contributed by atoms with Crippen LogP contribution in [-0.4, -0.2) is 74.1 Å². The highest BCUT2D eigenvalue weighted by Gasteiger charge is 2.39. The van der Waals surface area contributed by atoms with Crippen LogP contribution in [0.15, 0.2) is 42.5 Å². The van der Waals surface area contributed by atoms with Crippen LogP contribution < -0.4 is 16.0 Å². The standard InChI is InChI=1S/C30H44N4O4/c1-21(38-5)20-31-15-9-16-32-27(35)25(19-22-13-14-23-10-6-7-11-24(23)18-22)33-28(36)26-12-8-17-34(26)29(37)30(2,3)4/h6-7,10-11,13-14,18,21,25-26,31H,8-9,12,15-17,19-20H2,1-5H3,(H,32,35)(H,33,36)/t21-,25-,26+/m1/s1. The molecule has 0 radical (unpaired) electrons. The van der Waals surface area contributed by atoms with Crippen molar-refractivity contribution < 1.29 is 19.1 Å². The normalized spacial score (nSPS) is 17.3. The number of ether oxygens (including phenoxy) is 1. The molecule has 3 atom stereocenters. The summed E-state index contributed by atoms with van der Waals surface area (Å²) in [6.07, 6.45) is 2.63. The minimum atomic E-state index is -0.739. The van der Waals surface area contributed by atoms with Gasteiger partial charge in [-0.05, 0) is 49.1 Å². The zero-order valence-electron chi connectivity index (χ0n) is 23.5. The number of hydrogen-bond donors (Lipinski definition) is 3. The molecule has 3 N–H and O–H groups in total. The molecule has 0 bridgehead atoms. The van der Waals surface area contributed by atoms with Crippen LogP contribution in [0, 0.1) is 5.41 Å². The van der Waals surface area contributed by atoms with E-state index in [2.05, 4.69) is 22.0 Å². The molecule has 0 aromatic heterocycles. The lowest BCUT2D eigenvalue weighted by Gasteiger charge is -2.31. The molecule has 208 valence electrons. The summed E-state index contributed by atoms with van der Waals surface area (Å²) in [6, 6.07) is 12.9. The number of hydrogen-bond acceptors (Lipinski definition) is 5. The molecule has 3 amide bonds. The van der Waals surface area contributed by atoms with Crippen LogP contribution in [-0.2, 0) is 25.5 Å². The summed E-state index contributed by atoms with van der Waals surface area (Å²) < 4.78 is 5.23. The summed E-state index contributed by atoms with van der Waals surface area (Å²) in [5.41, 5.74) is 0.397. The number of rotatable bonds is 12. The highest BCUT2D eigenvalue weighted by Crippen LogP contribution is 2.26. The van der Waals surface area contributed by atoms with E-state index in [1.54, 1.807) is 12.0 Å². The van der Waals surface area contributed by atoms with Crippen LogP contribution in [0.1, 0.15) is 52.5 Å². The number of likely N-dealkylation sites (tertiary alicyclic amines) is 1. The molecule has 0 spiro atoms. The lowest BCUT2D eigenvalue weighted by Crippen LogP contribution is -2.55. The Morgan fingerprint density at radius 3 is 2.53 bits per heavy atom. The van der Waals surface area contributed by atoms with Crippen molar-refractivity contribution >= 4 is 28.5 Å². The van der Waals surface area contributed by atoms with Gasteiger partial charge in [0.2, 0.25) is 17.7 Å². The van der Waals surface area contributed by atoms with Crippen LogP contribution in [0.3, 0.4) is 0 Å². The number of nitrogens with zero attached hydrogens (tertiary/aromatic N) is 1. The van der Waals surface area contributed by atoms with E-state index < -0.39 is 17.5 Å². The zero-order valence-corrected chi connectivity index (χ0v) is 23.5. The molecule has 3 rings (SSSR count). The van der Waals surface area contributed by atoms with E-state index in [9.17, 15) is 14.4 Å². The van der Waals surface area contributed by atoms with Crippen molar-refractivity contribution in [2.45, 2.75) is 71.6 Å². The third-order valence-electron chi connectivity index (χ3n) is 7.01. The van der Waals surface area contributed by atoms with E-state index in [0.29, 0.717) is 25.9 Å². The van der Waals surface area contributed by atoms with Gasteiger partial charge in [0.25, 0.3) is 0 Å². The van der Waals surface area contributed by atoms with Crippen molar-refractivity contribution in [3.05, 3.63) is 48.0 Å². The third-order valence-corrected chi connectivity index (χ3v) is 7.01. The molecule has 1 heterocycles. The summed E-state index contributed by atoms with van der Waals surface area (Å²) in [5, 5.41) is 11.5. The largest absolute Gasteiger partial charge is 0.380 e. The molecule has 8 nitrogen and oxygen atoms in total. The van der Waals surface area contributed by atoms with E-state index in [1.165, 1.54) is 0 Å². The first-order valence-corrected chi connectivity index (χ1v) is 13.7. The summed E-state index contributed by atoms with van der Waals surface area (Å²) in [7, 11) is 1.68. The van der Waals surface area contributed by atoms with Crippen molar-refractivity contribution in [2.24, 2.45) is 5.41 Å². The number of benzene rings is 2. The molecule has 2 aromatic carbocycles. The van der Waals surface area contributed by atoms with E-state index in [4.69, 9.17) is 4.74 Å². The lowest BCUT2D eigenvalue weighted by molar-refractivity contribution is -0.145. The van der Waals surface area contributed by atoms with E-state index in [0.717, 1.165) is 42.3 Å². The SMILES string of the molecule is CO[C@H](C)CNCCCNC(=O)[C@@H](Cc1ccc2ccccc2c1)NC(=O)[C@@H]1CCCN1C(=O)C(C)(C)C. The number of methoxy groups -OCH3 is 1. The molecular weight excluding hydrogens is 480 g/mol. The van der Waals surface area contributed by atoms with Gasteiger partial charge in [0.1, 0.15) is 12.1 Å². The minimum absolute atomic E-state index is 0.0408. The fraction of sp³-hybridized carbons (Fsp3) is 0.567. The second-order valence-corrected chi connectivity index (χ2v) is 11.2. The van der Waals surface area contributed by atoms with E-state index >= 15 is 0 Å². The molecular formula is C30H44N4O4. The van der Waals surface area contributed by atoms with Gasteiger partial charge in [-0.1, -0.05) is 63.2 Å². The second kappa shape index (κ2) is 13.7. The Balaban J connectivity index is 1.68. The Bertz CT molecular complexity index is 1100. The van der Waals surface area contributed by atoms with Gasteiger partial charge in [-0.3, -0.25) is 14.4 Å². The fourth-order valence-corrected chi connectivity index (χ4v) is 4.73. The van der Waals surface area contributed by atoms with Crippen molar-refractivity contribution in [2.75, 3.05) is 33.3 Å². The van der Waals surface area contributed by atoms with Crippen molar-refractivity contribution in [1.29, 1.82) is 0 Å². The van der Waals surface area contributed by atoms with Gasteiger partial charge in [-0.15, -0.1) is 0 Å². The van der Waals surface area contributed by atoms with Gasteiger partial charge < -0.3 is 25.6 Å². The average molecular weight is 525 g/mol. The van der Waals surface area contributed by atoms with Crippen LogP contribution in [0.5, 0.6) is 0 Å². The molecule has 1 saturated heterocycles. The molecule has 8 heteroatoms. The first-order valence-electron chi connectivity index (χ1n) is 13.7. The highest BCUT2D eigenvalue weighted by atomic mass is 16.5. The summed E-state index contributed by atoms with van der Waals surface area (Å²) in [4.78, 5) is 41.3. The average Bonchev–Trinajstić information content (AvgIpc) is 3.38. The lowest BCUT2D eigenvalue weighted by atomic mass is 9.94. The predicted molar refractivity (Wildman–Crippen MR) is 151 cm³/mol. The van der Waals surface area contributed by atoms with Crippen LogP contribution in [0.4, 0.5) is 0 Å². The van der Waals surface area contributed by atoms with Crippen LogP contribution in [0.2, 0.25) is 0 Å². The number of carbonyl (C=O) groups is 3. The molecule has 0 aliphatic carbocycles. The van der Waals surface area contributed by atoms with Gasteiger partial charge in [0, 0.05) is 38.6 Å². The van der Waals surface area contributed by atoms with Gasteiger partial charge in [-0.2, -0.15) is 0 Å². The Morgan fingerprint density at radius 1 is 1.08 bits per heavy atom. The maximum atomic E-state index is 13.4. The van der Waals surface area contributed by atoms with Gasteiger partial charge in [0.15, 0.2) is 0 Å². The smallest absolute Gasteiger partial charge is 0.243 e. The molecule has 1 aliphatic rings. The number of carbonyl (C=O) groups excluding carboxylic acids is 3. The Kier molecular flexibility index (Phi) is 10.7. The summed E-state index contributed by atoms with van der Waals surface area (Å²) in [6.45, 7) is 10.1. The minimum Gasteiger partial charge on any atom is -0.380 e. The van der Waals surface area contributed by atoms with Crippen molar-refractivity contribution in [1.82, 2.24) is 20.9 Å². The van der Waals surface area contributed by atoms with Gasteiger partial charge >= 0.3 is 0 Å². The molecule has 1 fully saturated rings. The third kappa shape index (κ3) is 8.27. The number of fused-ring (bicyclic) bond motifs is 1. The molecule has 38 heavy (non-hydrogen) atoms. The number of nitrogens with one attached hydrogen (secondary N) is 3. The van der Waals surface area contributed by atoms with Gasteiger partial charge in [-0.25, -0.2) is 0 Å². The maximum Gasteiger partial charge on any atom is 0.243 e. The molecule has 0 unspecified atom stereocenters. The van der Waals surface area contributed by atoms with E-state index in [1.807, 2.05) is 64.1 Å². The second-order valence-electron chi connectivity index (χ2n) is 11.2. The fourth-order valence-electron chi connectivity index (χ4n) is 4.73. The summed E-state index contributed by atoms with van der Waals surface area (Å²) >= 11 is 0. The Labute approximate surface area is 226 Å². The quantitative estimate of drug-likeness (QED) is 0.371. The Hall–Kier alpha value is -2.97. The molecule has 1 aliphatic heterocycles. The van der Waals surface area contributed by atoms with Crippen LogP contribution in [0.25, 0.3) is 10.8 Å². The number of amides is 3. The van der Waals surface area contributed by atoms with Crippen LogP contribution >= 0.6 is 0 Å².